The molecule has 3 nitrogen and oxygen atoms in total. The Morgan fingerprint density at radius 2 is 2.42 bits per heavy atom. The highest BCUT2D eigenvalue weighted by atomic mass is 16.1. The summed E-state index contributed by atoms with van der Waals surface area (Å²) < 4.78 is 0. The van der Waals surface area contributed by atoms with Gasteiger partial charge in [0.2, 0.25) is 0 Å². The average Bonchev–Trinajstić information content (AvgIpc) is 2.40. The van der Waals surface area contributed by atoms with Gasteiger partial charge in [-0.2, -0.15) is 5.10 Å². The van der Waals surface area contributed by atoms with Crippen molar-refractivity contribution in [1.82, 2.24) is 0 Å². The van der Waals surface area contributed by atoms with Crippen LogP contribution in [0.25, 0.3) is 0 Å². The van der Waals surface area contributed by atoms with Crippen molar-refractivity contribution in [3.8, 4) is 0 Å². The maximum atomic E-state index is 11.3. The summed E-state index contributed by atoms with van der Waals surface area (Å²) in [7, 11) is 0. The molecule has 2 aliphatic carbocycles. The molecule has 0 aromatic carbocycles. The largest absolute Gasteiger partial charge is 0.323 e. The molecular formula is C9H10N2O. The standard InChI is InChI=1S/C9H10N2O/c10-11-9-7-4-2-1-3-6(7)5-8(9)12/h1-2,4,6H,3,5,10H2. The molecule has 0 aromatic heterocycles. The zero-order chi connectivity index (χ0) is 8.55. The van der Waals surface area contributed by atoms with Gasteiger partial charge in [-0.15, -0.1) is 0 Å². The fraction of sp³-hybridized carbons (Fsp3) is 0.333. The van der Waals surface area contributed by atoms with E-state index in [1.54, 1.807) is 0 Å². The number of ketones is 1. The first-order valence-electron chi connectivity index (χ1n) is 4.01. The number of allylic oxidation sites excluding steroid dienone is 4. The predicted molar refractivity (Wildman–Crippen MR) is 46.6 cm³/mol. The number of rotatable bonds is 0. The lowest BCUT2D eigenvalue weighted by atomic mass is 9.94. The molecule has 12 heavy (non-hydrogen) atoms. The first-order chi connectivity index (χ1) is 5.83. The van der Waals surface area contributed by atoms with Gasteiger partial charge in [0.25, 0.3) is 0 Å². The Bertz CT molecular complexity index is 312. The number of fused-ring (bicyclic) bond motifs is 1. The zero-order valence-corrected chi connectivity index (χ0v) is 6.66. The number of carbonyl (C=O) groups excluding carboxylic acids is 1. The normalized spacial score (nSPS) is 30.7. The smallest absolute Gasteiger partial charge is 0.183 e. The molecule has 0 saturated heterocycles. The number of nitrogens with zero attached hydrogens (tertiary/aromatic N) is 1. The molecule has 0 spiro atoms. The van der Waals surface area contributed by atoms with Crippen molar-refractivity contribution in [1.29, 1.82) is 0 Å². The fourth-order valence-electron chi connectivity index (χ4n) is 1.77. The van der Waals surface area contributed by atoms with Crippen LogP contribution >= 0.6 is 0 Å². The molecule has 1 atom stereocenters. The second-order valence-electron chi connectivity index (χ2n) is 3.09. The fourth-order valence-corrected chi connectivity index (χ4v) is 1.77. The van der Waals surface area contributed by atoms with Crippen molar-refractivity contribution in [3.05, 3.63) is 23.8 Å². The quantitative estimate of drug-likeness (QED) is 0.422. The third-order valence-electron chi connectivity index (χ3n) is 2.37. The van der Waals surface area contributed by atoms with Crippen LogP contribution in [0.3, 0.4) is 0 Å². The Kier molecular flexibility index (Phi) is 1.57. The molecule has 2 rings (SSSR count). The Morgan fingerprint density at radius 1 is 1.58 bits per heavy atom. The maximum absolute atomic E-state index is 11.3. The number of hydrogen-bond acceptors (Lipinski definition) is 3. The summed E-state index contributed by atoms with van der Waals surface area (Å²) in [4.78, 5) is 11.3. The summed E-state index contributed by atoms with van der Waals surface area (Å²) in [5.74, 6) is 5.55. The molecule has 0 bridgehead atoms. The van der Waals surface area contributed by atoms with Crippen molar-refractivity contribution in [2.24, 2.45) is 16.9 Å². The highest BCUT2D eigenvalue weighted by molar-refractivity contribution is 6.48. The van der Waals surface area contributed by atoms with Crippen molar-refractivity contribution in [3.63, 3.8) is 0 Å². The third-order valence-corrected chi connectivity index (χ3v) is 2.37. The van der Waals surface area contributed by atoms with Crippen LogP contribution in [0, 0.1) is 5.92 Å². The second kappa shape index (κ2) is 2.59. The van der Waals surface area contributed by atoms with Gasteiger partial charge >= 0.3 is 0 Å². The Balaban J connectivity index is 2.42. The van der Waals surface area contributed by atoms with E-state index in [4.69, 9.17) is 5.84 Å². The predicted octanol–water partition coefficient (Wildman–Crippen LogP) is 0.776. The van der Waals surface area contributed by atoms with E-state index in [0.717, 1.165) is 12.0 Å². The monoisotopic (exact) mass is 162 g/mol. The molecule has 62 valence electrons. The molecule has 2 N–H and O–H groups in total. The molecule has 0 heterocycles. The molecule has 0 aliphatic heterocycles. The first kappa shape index (κ1) is 7.28. The number of Topliss-reactive ketones (excluding diaryl/α,β-unsaturated/α-hetero) is 1. The van der Waals surface area contributed by atoms with E-state index >= 15 is 0 Å². The van der Waals surface area contributed by atoms with Crippen molar-refractivity contribution >= 4 is 11.5 Å². The van der Waals surface area contributed by atoms with E-state index < -0.39 is 0 Å². The highest BCUT2D eigenvalue weighted by Crippen LogP contribution is 2.31. The van der Waals surface area contributed by atoms with E-state index in [-0.39, 0.29) is 5.78 Å². The molecule has 2 aliphatic rings. The second-order valence-corrected chi connectivity index (χ2v) is 3.09. The van der Waals surface area contributed by atoms with Gasteiger partial charge in [-0.25, -0.2) is 0 Å². The number of hydrogen-bond donors (Lipinski definition) is 1. The van der Waals surface area contributed by atoms with E-state index in [1.165, 1.54) is 0 Å². The SMILES string of the molecule is NN=C1C(=O)CC2CC=CC=C12. The van der Waals surface area contributed by atoms with Crippen LogP contribution in [0.2, 0.25) is 0 Å². The van der Waals surface area contributed by atoms with Crippen LogP contribution in [0.15, 0.2) is 28.9 Å². The minimum atomic E-state index is 0.0810. The summed E-state index contributed by atoms with van der Waals surface area (Å²) in [5, 5.41) is 3.52. The van der Waals surface area contributed by atoms with Crippen LogP contribution in [-0.2, 0) is 4.79 Å². The lowest BCUT2D eigenvalue weighted by molar-refractivity contribution is -0.112. The molecule has 3 heteroatoms. The molecule has 1 fully saturated rings. The van der Waals surface area contributed by atoms with E-state index in [9.17, 15) is 4.79 Å². The van der Waals surface area contributed by atoms with Gasteiger partial charge in [0.05, 0.1) is 0 Å². The average molecular weight is 162 g/mol. The number of nitrogens with two attached hydrogens (primary N) is 1. The summed E-state index contributed by atoms with van der Waals surface area (Å²) in [6, 6.07) is 0. The van der Waals surface area contributed by atoms with Gasteiger partial charge < -0.3 is 5.84 Å². The third kappa shape index (κ3) is 0.897. The minimum absolute atomic E-state index is 0.0810. The van der Waals surface area contributed by atoms with E-state index in [1.807, 2.05) is 12.2 Å². The molecule has 0 radical (unpaired) electrons. The minimum Gasteiger partial charge on any atom is -0.323 e. The van der Waals surface area contributed by atoms with E-state index in [2.05, 4.69) is 11.2 Å². The van der Waals surface area contributed by atoms with E-state index in [0.29, 0.717) is 18.1 Å². The molecular weight excluding hydrogens is 152 g/mol. The first-order valence-corrected chi connectivity index (χ1v) is 4.01. The molecule has 0 amide bonds. The van der Waals surface area contributed by atoms with Crippen LogP contribution in [0.1, 0.15) is 12.8 Å². The van der Waals surface area contributed by atoms with Gasteiger partial charge in [-0.05, 0) is 17.9 Å². The lowest BCUT2D eigenvalue weighted by Gasteiger charge is -2.09. The van der Waals surface area contributed by atoms with Crippen molar-refractivity contribution < 1.29 is 4.79 Å². The van der Waals surface area contributed by atoms with Crippen molar-refractivity contribution in [2.75, 3.05) is 0 Å². The van der Waals surface area contributed by atoms with Gasteiger partial charge in [-0.1, -0.05) is 18.2 Å². The van der Waals surface area contributed by atoms with Crippen LogP contribution in [0.4, 0.5) is 0 Å². The van der Waals surface area contributed by atoms with Crippen LogP contribution < -0.4 is 5.84 Å². The molecule has 1 unspecified atom stereocenters. The number of carbonyl (C=O) groups is 1. The Morgan fingerprint density at radius 3 is 3.17 bits per heavy atom. The summed E-state index contributed by atoms with van der Waals surface area (Å²) in [6.07, 6.45) is 7.48. The van der Waals surface area contributed by atoms with Crippen molar-refractivity contribution in [2.45, 2.75) is 12.8 Å². The topological polar surface area (TPSA) is 55.4 Å². The maximum Gasteiger partial charge on any atom is 0.183 e. The van der Waals surface area contributed by atoms with Gasteiger partial charge in [-0.3, -0.25) is 4.79 Å². The molecule has 0 aromatic rings. The number of hydrazone groups is 1. The summed E-state index contributed by atoms with van der Waals surface area (Å²) in [5.41, 5.74) is 1.49. The van der Waals surface area contributed by atoms with Gasteiger partial charge in [0.15, 0.2) is 5.78 Å². The van der Waals surface area contributed by atoms with Crippen LogP contribution in [-0.4, -0.2) is 11.5 Å². The van der Waals surface area contributed by atoms with Gasteiger partial charge in [0.1, 0.15) is 5.71 Å². The molecule has 1 saturated carbocycles. The Hall–Kier alpha value is -1.38. The highest BCUT2D eigenvalue weighted by Gasteiger charge is 2.33. The van der Waals surface area contributed by atoms with Gasteiger partial charge in [0, 0.05) is 6.42 Å². The lowest BCUT2D eigenvalue weighted by Crippen LogP contribution is -2.10. The van der Waals surface area contributed by atoms with Crippen LogP contribution in [0.5, 0.6) is 0 Å². The summed E-state index contributed by atoms with van der Waals surface area (Å²) >= 11 is 0. The Labute approximate surface area is 70.6 Å². The summed E-state index contributed by atoms with van der Waals surface area (Å²) in [6.45, 7) is 0. The zero-order valence-electron chi connectivity index (χ0n) is 6.66.